The second-order valence-corrected chi connectivity index (χ2v) is 7.97. The number of amides is 1. The normalized spacial score (nSPS) is 22.4. The summed E-state index contributed by atoms with van der Waals surface area (Å²) >= 11 is 0. The van der Waals surface area contributed by atoms with Crippen molar-refractivity contribution in [3.63, 3.8) is 0 Å². The van der Waals surface area contributed by atoms with Gasteiger partial charge in [0, 0.05) is 31.6 Å². The van der Waals surface area contributed by atoms with Gasteiger partial charge in [-0.2, -0.15) is 0 Å². The SMILES string of the molecule is CC(=O)N1CC2(CCN(Cc3ccnc4ccccc34)CC2)C[C@@H]1C(=O)O. The maximum Gasteiger partial charge on any atom is 0.326 e. The zero-order valence-electron chi connectivity index (χ0n) is 15.6. The van der Waals surface area contributed by atoms with Gasteiger partial charge in [0.25, 0.3) is 0 Å². The average molecular weight is 367 g/mol. The lowest BCUT2D eigenvalue weighted by Crippen LogP contribution is -2.42. The number of hydrogen-bond acceptors (Lipinski definition) is 4. The van der Waals surface area contributed by atoms with Crippen molar-refractivity contribution in [1.82, 2.24) is 14.8 Å². The number of aliphatic carboxylic acids is 1. The molecule has 0 radical (unpaired) electrons. The maximum atomic E-state index is 11.9. The van der Waals surface area contributed by atoms with Gasteiger partial charge < -0.3 is 10.0 Å². The Morgan fingerprint density at radius 1 is 1.22 bits per heavy atom. The number of pyridine rings is 1. The van der Waals surface area contributed by atoms with Crippen LogP contribution in [0.4, 0.5) is 0 Å². The first-order valence-electron chi connectivity index (χ1n) is 9.52. The van der Waals surface area contributed by atoms with Crippen molar-refractivity contribution >= 4 is 22.8 Å². The van der Waals surface area contributed by atoms with Crippen molar-refractivity contribution in [2.45, 2.75) is 38.8 Å². The molecule has 0 saturated carbocycles. The summed E-state index contributed by atoms with van der Waals surface area (Å²) in [6.45, 7) is 4.77. The van der Waals surface area contributed by atoms with Crippen LogP contribution in [0.3, 0.4) is 0 Å². The van der Waals surface area contributed by atoms with Crippen molar-refractivity contribution in [2.75, 3.05) is 19.6 Å². The Bertz CT molecular complexity index is 845. The minimum Gasteiger partial charge on any atom is -0.480 e. The van der Waals surface area contributed by atoms with Crippen LogP contribution in [0.1, 0.15) is 31.7 Å². The van der Waals surface area contributed by atoms with Gasteiger partial charge in [-0.1, -0.05) is 18.2 Å². The summed E-state index contributed by atoms with van der Waals surface area (Å²) in [6.07, 6.45) is 4.31. The molecular formula is C21H25N3O3. The lowest BCUT2D eigenvalue weighted by Gasteiger charge is -2.39. The number of carboxylic acids is 1. The largest absolute Gasteiger partial charge is 0.480 e. The Labute approximate surface area is 158 Å². The highest BCUT2D eigenvalue weighted by atomic mass is 16.4. The summed E-state index contributed by atoms with van der Waals surface area (Å²) in [5.41, 5.74) is 2.24. The van der Waals surface area contributed by atoms with Crippen LogP contribution in [0.25, 0.3) is 10.9 Å². The van der Waals surface area contributed by atoms with Gasteiger partial charge in [-0.15, -0.1) is 0 Å². The predicted octanol–water partition coefficient (Wildman–Crippen LogP) is 2.52. The second-order valence-electron chi connectivity index (χ2n) is 7.97. The van der Waals surface area contributed by atoms with E-state index in [2.05, 4.69) is 22.0 Å². The van der Waals surface area contributed by atoms with Crippen molar-refractivity contribution in [1.29, 1.82) is 0 Å². The number of benzene rings is 1. The predicted molar refractivity (Wildman–Crippen MR) is 102 cm³/mol. The zero-order valence-corrected chi connectivity index (χ0v) is 15.6. The van der Waals surface area contributed by atoms with Crippen molar-refractivity contribution in [3.8, 4) is 0 Å². The Hall–Kier alpha value is -2.47. The summed E-state index contributed by atoms with van der Waals surface area (Å²) < 4.78 is 0. The molecule has 2 saturated heterocycles. The fourth-order valence-corrected chi connectivity index (χ4v) is 4.69. The lowest BCUT2D eigenvalue weighted by molar-refractivity contribution is -0.147. The molecule has 1 aromatic carbocycles. The molecule has 2 aromatic rings. The summed E-state index contributed by atoms with van der Waals surface area (Å²) in [6, 6.07) is 9.61. The van der Waals surface area contributed by atoms with Gasteiger partial charge in [-0.3, -0.25) is 14.7 Å². The van der Waals surface area contributed by atoms with E-state index in [0.717, 1.165) is 38.0 Å². The number of para-hydroxylation sites is 1. The first-order valence-corrected chi connectivity index (χ1v) is 9.52. The lowest BCUT2D eigenvalue weighted by atomic mass is 9.76. The van der Waals surface area contributed by atoms with Crippen molar-refractivity contribution in [2.24, 2.45) is 5.41 Å². The standard InChI is InChI=1S/C21H25N3O3/c1-15(25)24-14-21(12-19(24)20(26)27)7-10-23(11-8-21)13-16-6-9-22-18-5-3-2-4-17(16)18/h2-6,9,19H,7-8,10-14H2,1H3,(H,26,27)/t19-/m1/s1. The fraction of sp³-hybridized carbons (Fsp3) is 0.476. The Morgan fingerprint density at radius 3 is 2.63 bits per heavy atom. The van der Waals surface area contributed by atoms with Crippen molar-refractivity contribution < 1.29 is 14.7 Å². The van der Waals surface area contributed by atoms with E-state index in [0.29, 0.717) is 13.0 Å². The van der Waals surface area contributed by atoms with Crippen LogP contribution < -0.4 is 0 Å². The first-order chi connectivity index (χ1) is 13.0. The Balaban J connectivity index is 1.45. The van der Waals surface area contributed by atoms with Crippen molar-refractivity contribution in [3.05, 3.63) is 42.1 Å². The molecule has 0 aliphatic carbocycles. The van der Waals surface area contributed by atoms with Crippen LogP contribution in [-0.4, -0.2) is 57.4 Å². The molecule has 2 aliphatic rings. The molecule has 2 fully saturated rings. The number of fused-ring (bicyclic) bond motifs is 1. The number of nitrogens with zero attached hydrogens (tertiary/aromatic N) is 3. The minimum absolute atomic E-state index is 0.0501. The van der Waals surface area contributed by atoms with Gasteiger partial charge in [0.2, 0.25) is 5.91 Å². The summed E-state index contributed by atoms with van der Waals surface area (Å²) in [5.74, 6) is -1.02. The van der Waals surface area contributed by atoms with Crippen LogP contribution in [0, 0.1) is 5.41 Å². The Kier molecular flexibility index (Phi) is 4.60. The summed E-state index contributed by atoms with van der Waals surface area (Å²) in [7, 11) is 0. The topological polar surface area (TPSA) is 73.7 Å². The van der Waals surface area contributed by atoms with E-state index in [1.54, 1.807) is 4.90 Å². The number of carbonyl (C=O) groups is 2. The molecule has 4 rings (SSSR count). The molecule has 0 bridgehead atoms. The number of piperidine rings is 1. The van der Waals surface area contributed by atoms with E-state index >= 15 is 0 Å². The summed E-state index contributed by atoms with van der Waals surface area (Å²) in [4.78, 5) is 31.8. The number of carbonyl (C=O) groups excluding carboxylic acids is 1. The quantitative estimate of drug-likeness (QED) is 0.902. The van der Waals surface area contributed by atoms with Gasteiger partial charge >= 0.3 is 5.97 Å². The van der Waals surface area contributed by atoms with E-state index in [4.69, 9.17) is 0 Å². The third-order valence-corrected chi connectivity index (χ3v) is 6.25. The number of hydrogen-bond donors (Lipinski definition) is 1. The second kappa shape index (κ2) is 6.93. The number of carboxylic acid groups (broad SMARTS) is 1. The molecule has 6 heteroatoms. The molecular weight excluding hydrogens is 342 g/mol. The highest BCUT2D eigenvalue weighted by Gasteiger charge is 2.49. The van der Waals surface area contributed by atoms with E-state index in [9.17, 15) is 14.7 Å². The molecule has 1 N–H and O–H groups in total. The highest BCUT2D eigenvalue weighted by Crippen LogP contribution is 2.43. The van der Waals surface area contributed by atoms with Crippen LogP contribution in [0.2, 0.25) is 0 Å². The molecule has 6 nitrogen and oxygen atoms in total. The molecule has 2 aliphatic heterocycles. The van der Waals surface area contributed by atoms with Gasteiger partial charge in [-0.25, -0.2) is 4.79 Å². The van der Waals surface area contributed by atoms with Gasteiger partial charge in [0.15, 0.2) is 0 Å². The molecule has 0 unspecified atom stereocenters. The van der Waals surface area contributed by atoms with Crippen LogP contribution in [0.15, 0.2) is 36.5 Å². The van der Waals surface area contributed by atoms with Gasteiger partial charge in [-0.05, 0) is 55.5 Å². The van der Waals surface area contributed by atoms with E-state index in [-0.39, 0.29) is 11.3 Å². The molecule has 1 aromatic heterocycles. The zero-order chi connectivity index (χ0) is 19.0. The molecule has 1 atom stereocenters. The van der Waals surface area contributed by atoms with Crippen LogP contribution in [-0.2, 0) is 16.1 Å². The monoisotopic (exact) mass is 367 g/mol. The molecule has 1 spiro atoms. The van der Waals surface area contributed by atoms with E-state index in [1.807, 2.05) is 24.4 Å². The fourth-order valence-electron chi connectivity index (χ4n) is 4.69. The smallest absolute Gasteiger partial charge is 0.326 e. The van der Waals surface area contributed by atoms with Crippen LogP contribution in [0.5, 0.6) is 0 Å². The molecule has 27 heavy (non-hydrogen) atoms. The third kappa shape index (κ3) is 3.41. The third-order valence-electron chi connectivity index (χ3n) is 6.25. The van der Waals surface area contributed by atoms with Crippen LogP contribution >= 0.6 is 0 Å². The number of rotatable bonds is 3. The maximum absolute atomic E-state index is 11.9. The number of likely N-dealkylation sites (tertiary alicyclic amines) is 2. The Morgan fingerprint density at radius 2 is 1.96 bits per heavy atom. The molecule has 1 amide bonds. The minimum atomic E-state index is -0.882. The number of aromatic nitrogens is 1. The van der Waals surface area contributed by atoms with E-state index < -0.39 is 12.0 Å². The van der Waals surface area contributed by atoms with E-state index in [1.165, 1.54) is 17.9 Å². The molecule has 3 heterocycles. The van der Waals surface area contributed by atoms with Gasteiger partial charge in [0.05, 0.1) is 5.52 Å². The molecule has 142 valence electrons. The van der Waals surface area contributed by atoms with Gasteiger partial charge in [0.1, 0.15) is 6.04 Å². The summed E-state index contributed by atoms with van der Waals surface area (Å²) in [5, 5.41) is 10.7. The average Bonchev–Trinajstić information content (AvgIpc) is 3.04. The first kappa shape index (κ1) is 17.9. The highest BCUT2D eigenvalue weighted by molar-refractivity contribution is 5.83.